The predicted molar refractivity (Wildman–Crippen MR) is 82.4 cm³/mol. The molecule has 1 aliphatic heterocycles. The molecular formula is C14H21N5O3. The van der Waals surface area contributed by atoms with Crippen molar-refractivity contribution >= 4 is 23.5 Å². The van der Waals surface area contributed by atoms with E-state index in [1.165, 1.54) is 4.90 Å². The van der Waals surface area contributed by atoms with Crippen LogP contribution in [0.15, 0.2) is 12.1 Å². The second-order valence-electron chi connectivity index (χ2n) is 4.95. The molecule has 120 valence electrons. The fourth-order valence-corrected chi connectivity index (χ4v) is 2.20. The number of nitrogens with zero attached hydrogens (tertiary/aromatic N) is 2. The van der Waals surface area contributed by atoms with E-state index in [-0.39, 0.29) is 24.8 Å². The van der Waals surface area contributed by atoms with E-state index < -0.39 is 6.10 Å². The van der Waals surface area contributed by atoms with E-state index in [9.17, 15) is 9.59 Å². The predicted octanol–water partition coefficient (Wildman–Crippen LogP) is -0.367. The number of hydrogen-bond acceptors (Lipinski definition) is 6. The van der Waals surface area contributed by atoms with Gasteiger partial charge in [0.05, 0.1) is 0 Å². The first kappa shape index (κ1) is 16.0. The van der Waals surface area contributed by atoms with Crippen LogP contribution in [-0.2, 0) is 9.59 Å². The Morgan fingerprint density at radius 1 is 1.50 bits per heavy atom. The van der Waals surface area contributed by atoms with Crippen LogP contribution in [0.2, 0.25) is 0 Å². The Labute approximate surface area is 128 Å². The van der Waals surface area contributed by atoms with Crippen LogP contribution in [0.3, 0.4) is 0 Å². The van der Waals surface area contributed by atoms with Gasteiger partial charge in [-0.3, -0.25) is 14.5 Å². The van der Waals surface area contributed by atoms with Crippen LogP contribution in [0.1, 0.15) is 19.8 Å². The summed E-state index contributed by atoms with van der Waals surface area (Å²) in [5.74, 6) is 0.787. The van der Waals surface area contributed by atoms with Gasteiger partial charge in [0.15, 0.2) is 17.7 Å². The van der Waals surface area contributed by atoms with Gasteiger partial charge in [0.1, 0.15) is 5.82 Å². The van der Waals surface area contributed by atoms with Crippen molar-refractivity contribution in [3.8, 4) is 5.75 Å². The van der Waals surface area contributed by atoms with Crippen LogP contribution >= 0.6 is 0 Å². The number of anilines is 2. The quantitative estimate of drug-likeness (QED) is 0.659. The lowest BCUT2D eigenvalue weighted by Gasteiger charge is -2.33. The van der Waals surface area contributed by atoms with E-state index in [1.54, 1.807) is 12.1 Å². The van der Waals surface area contributed by atoms with E-state index in [4.69, 9.17) is 16.2 Å². The summed E-state index contributed by atoms with van der Waals surface area (Å²) in [7, 11) is 0. The van der Waals surface area contributed by atoms with E-state index in [2.05, 4.69) is 10.3 Å². The molecule has 2 heterocycles. The van der Waals surface area contributed by atoms with Crippen LogP contribution in [0.5, 0.6) is 5.75 Å². The fraction of sp³-hybridized carbons (Fsp3) is 0.500. The zero-order valence-corrected chi connectivity index (χ0v) is 12.5. The lowest BCUT2D eigenvalue weighted by atomic mass is 10.2. The van der Waals surface area contributed by atoms with E-state index in [1.807, 2.05) is 6.92 Å². The normalized spacial score (nSPS) is 16.9. The average molecular weight is 307 g/mol. The summed E-state index contributed by atoms with van der Waals surface area (Å²) in [5, 5.41) is 2.67. The Morgan fingerprint density at radius 3 is 2.95 bits per heavy atom. The molecule has 1 unspecified atom stereocenters. The summed E-state index contributed by atoms with van der Waals surface area (Å²) in [5.41, 5.74) is 11.0. The van der Waals surface area contributed by atoms with E-state index in [0.717, 1.165) is 0 Å². The molecule has 0 spiro atoms. The number of hydrogen-bond donors (Lipinski definition) is 3. The monoisotopic (exact) mass is 307 g/mol. The third-order valence-corrected chi connectivity index (χ3v) is 3.33. The number of fused-ring (bicyclic) bond motifs is 1. The van der Waals surface area contributed by atoms with Gasteiger partial charge in [-0.2, -0.15) is 0 Å². The van der Waals surface area contributed by atoms with Crippen LogP contribution < -0.4 is 26.4 Å². The van der Waals surface area contributed by atoms with Crippen LogP contribution in [0.4, 0.5) is 11.6 Å². The number of pyridine rings is 1. The lowest BCUT2D eigenvalue weighted by molar-refractivity contribution is -0.126. The molecule has 22 heavy (non-hydrogen) atoms. The molecule has 0 saturated carbocycles. The summed E-state index contributed by atoms with van der Waals surface area (Å²) in [6.45, 7) is 2.87. The summed E-state index contributed by atoms with van der Waals surface area (Å²) >= 11 is 0. The number of carbonyl (C=O) groups excluding carboxylic acids is 2. The molecule has 1 aliphatic rings. The molecule has 1 aromatic rings. The zero-order valence-electron chi connectivity index (χ0n) is 12.5. The lowest BCUT2D eigenvalue weighted by Crippen LogP contribution is -2.47. The molecule has 0 aliphatic carbocycles. The number of amides is 2. The van der Waals surface area contributed by atoms with Gasteiger partial charge in [0, 0.05) is 26.1 Å². The molecule has 0 aromatic carbocycles. The first-order valence-electron chi connectivity index (χ1n) is 7.28. The molecule has 5 N–H and O–H groups in total. The van der Waals surface area contributed by atoms with Gasteiger partial charge < -0.3 is 21.5 Å². The molecule has 8 heteroatoms. The van der Waals surface area contributed by atoms with Crippen molar-refractivity contribution in [2.75, 3.05) is 30.3 Å². The minimum atomic E-state index is -0.565. The number of ether oxygens (including phenoxy) is 1. The molecule has 2 rings (SSSR count). The minimum Gasteiger partial charge on any atom is -0.477 e. The highest BCUT2D eigenvalue weighted by Gasteiger charge is 2.34. The Hall–Kier alpha value is -2.35. The third kappa shape index (κ3) is 3.45. The molecular weight excluding hydrogens is 286 g/mol. The molecule has 8 nitrogen and oxygen atoms in total. The highest BCUT2D eigenvalue weighted by Crippen LogP contribution is 2.33. The third-order valence-electron chi connectivity index (χ3n) is 3.33. The van der Waals surface area contributed by atoms with Crippen molar-refractivity contribution in [1.82, 2.24) is 10.3 Å². The number of aromatic nitrogens is 1. The van der Waals surface area contributed by atoms with Gasteiger partial charge >= 0.3 is 0 Å². The first-order valence-corrected chi connectivity index (χ1v) is 7.28. The minimum absolute atomic E-state index is 0.164. The summed E-state index contributed by atoms with van der Waals surface area (Å²) in [6.07, 6.45) is 0.140. The maximum absolute atomic E-state index is 12.4. The topological polar surface area (TPSA) is 124 Å². The van der Waals surface area contributed by atoms with Crippen molar-refractivity contribution in [2.45, 2.75) is 25.9 Å². The standard InChI is InChI=1S/C14H21N5O3/c1-2-9-14(21)19(8-5-12(20)17-7-6-15)13-10(22-9)3-4-11(16)18-13/h3-4,9H,2,5-8,15H2,1H3,(H2,16,18)(H,17,20). The summed E-state index contributed by atoms with van der Waals surface area (Å²) in [6, 6.07) is 3.31. The Morgan fingerprint density at radius 2 is 2.27 bits per heavy atom. The first-order chi connectivity index (χ1) is 10.6. The smallest absolute Gasteiger partial charge is 0.269 e. The molecule has 0 fully saturated rings. The Balaban J connectivity index is 2.15. The SMILES string of the molecule is CCC1Oc2ccc(N)nc2N(CCC(=O)NCCN)C1=O. The zero-order chi connectivity index (χ0) is 16.1. The maximum Gasteiger partial charge on any atom is 0.269 e. The summed E-state index contributed by atoms with van der Waals surface area (Å²) in [4.78, 5) is 29.8. The van der Waals surface area contributed by atoms with Gasteiger partial charge in [0.2, 0.25) is 5.91 Å². The van der Waals surface area contributed by atoms with E-state index in [0.29, 0.717) is 36.9 Å². The molecule has 0 radical (unpaired) electrons. The van der Waals surface area contributed by atoms with Gasteiger partial charge in [-0.25, -0.2) is 4.98 Å². The van der Waals surface area contributed by atoms with Gasteiger partial charge in [-0.05, 0) is 18.6 Å². The van der Waals surface area contributed by atoms with Crippen molar-refractivity contribution in [3.05, 3.63) is 12.1 Å². The van der Waals surface area contributed by atoms with Crippen molar-refractivity contribution in [3.63, 3.8) is 0 Å². The van der Waals surface area contributed by atoms with Crippen LogP contribution in [0, 0.1) is 0 Å². The second kappa shape index (κ2) is 7.08. The van der Waals surface area contributed by atoms with Crippen LogP contribution in [-0.4, -0.2) is 42.5 Å². The fourth-order valence-electron chi connectivity index (χ4n) is 2.20. The Bertz CT molecular complexity index is 563. The van der Waals surface area contributed by atoms with Gasteiger partial charge in [-0.1, -0.05) is 6.92 Å². The van der Waals surface area contributed by atoms with Crippen molar-refractivity contribution in [1.29, 1.82) is 0 Å². The second-order valence-corrected chi connectivity index (χ2v) is 4.95. The van der Waals surface area contributed by atoms with Crippen LogP contribution in [0.25, 0.3) is 0 Å². The highest BCUT2D eigenvalue weighted by atomic mass is 16.5. The van der Waals surface area contributed by atoms with Gasteiger partial charge in [0.25, 0.3) is 5.91 Å². The van der Waals surface area contributed by atoms with Crippen molar-refractivity contribution in [2.24, 2.45) is 5.73 Å². The largest absolute Gasteiger partial charge is 0.477 e. The number of nitrogens with two attached hydrogens (primary N) is 2. The molecule has 2 amide bonds. The maximum atomic E-state index is 12.4. The van der Waals surface area contributed by atoms with E-state index >= 15 is 0 Å². The number of nitrogen functional groups attached to an aromatic ring is 1. The summed E-state index contributed by atoms with van der Waals surface area (Å²) < 4.78 is 5.62. The Kier molecular flexibility index (Phi) is 5.16. The molecule has 0 bridgehead atoms. The number of nitrogens with one attached hydrogen (secondary N) is 1. The molecule has 1 aromatic heterocycles. The molecule has 0 saturated heterocycles. The van der Waals surface area contributed by atoms with Gasteiger partial charge in [-0.15, -0.1) is 0 Å². The average Bonchev–Trinajstić information content (AvgIpc) is 2.51. The number of rotatable bonds is 6. The molecule has 1 atom stereocenters. The number of carbonyl (C=O) groups is 2. The van der Waals surface area contributed by atoms with Crippen molar-refractivity contribution < 1.29 is 14.3 Å². The highest BCUT2D eigenvalue weighted by molar-refractivity contribution is 5.99.